The molecular weight excluding hydrogens is 340 g/mol. The molecule has 0 atom stereocenters. The number of rotatable bonds is 4. The number of hydrogen-bond donors (Lipinski definition) is 0. The fourth-order valence-corrected chi connectivity index (χ4v) is 4.88. The van der Waals surface area contributed by atoms with Crippen molar-refractivity contribution < 1.29 is 8.42 Å². The first-order valence-corrected chi connectivity index (χ1v) is 11.2. The van der Waals surface area contributed by atoms with Crippen molar-refractivity contribution in [1.29, 1.82) is 0 Å². The minimum atomic E-state index is -3.13. The van der Waals surface area contributed by atoms with Crippen molar-refractivity contribution in [2.24, 2.45) is 0 Å². The van der Waals surface area contributed by atoms with Crippen LogP contribution < -0.4 is 0 Å². The van der Waals surface area contributed by atoms with Crippen LogP contribution >= 0.6 is 11.3 Å². The van der Waals surface area contributed by atoms with Crippen LogP contribution in [0.3, 0.4) is 0 Å². The highest BCUT2D eigenvalue weighted by Crippen LogP contribution is 2.40. The molecule has 1 saturated carbocycles. The van der Waals surface area contributed by atoms with E-state index < -0.39 is 9.84 Å². The highest BCUT2D eigenvalue weighted by Gasteiger charge is 2.26. The van der Waals surface area contributed by atoms with Crippen LogP contribution in [0.4, 0.5) is 0 Å². The second-order valence-electron chi connectivity index (χ2n) is 6.92. The van der Waals surface area contributed by atoms with Gasteiger partial charge in [0.05, 0.1) is 17.1 Å². The standard InChI is InChI=1S/C18H22N2O2S2/c1-24(21,22)16-5-4-13-6-8-20(9-7-15(13)10-16)11-18-19-17(12-23-18)14-2-3-14/h4-5,10,12,14H,2-3,6-9,11H2,1H3. The zero-order valence-electron chi connectivity index (χ0n) is 13.9. The van der Waals surface area contributed by atoms with Gasteiger partial charge in [-0.3, -0.25) is 4.90 Å². The Morgan fingerprint density at radius 3 is 2.67 bits per heavy atom. The molecule has 1 aromatic carbocycles. The van der Waals surface area contributed by atoms with Gasteiger partial charge in [0.1, 0.15) is 5.01 Å². The molecule has 0 N–H and O–H groups in total. The maximum absolute atomic E-state index is 11.8. The predicted octanol–water partition coefficient (Wildman–Crippen LogP) is 3.02. The summed E-state index contributed by atoms with van der Waals surface area (Å²) in [7, 11) is -3.13. The molecule has 1 aliphatic carbocycles. The van der Waals surface area contributed by atoms with Crippen LogP contribution in [0.5, 0.6) is 0 Å². The van der Waals surface area contributed by atoms with Gasteiger partial charge in [0, 0.05) is 30.6 Å². The predicted molar refractivity (Wildman–Crippen MR) is 96.3 cm³/mol. The Balaban J connectivity index is 1.45. The first kappa shape index (κ1) is 16.2. The lowest BCUT2D eigenvalue weighted by Gasteiger charge is -2.17. The Labute approximate surface area is 147 Å². The van der Waals surface area contributed by atoms with Crippen LogP contribution in [0, 0.1) is 0 Å². The lowest BCUT2D eigenvalue weighted by atomic mass is 10.0. The molecule has 0 spiro atoms. The number of fused-ring (bicyclic) bond motifs is 1. The Morgan fingerprint density at radius 2 is 1.96 bits per heavy atom. The van der Waals surface area contributed by atoms with Gasteiger partial charge in [0.25, 0.3) is 0 Å². The maximum atomic E-state index is 11.8. The fraction of sp³-hybridized carbons (Fsp3) is 0.500. The van der Waals surface area contributed by atoms with Crippen LogP contribution in [0.25, 0.3) is 0 Å². The molecule has 6 heteroatoms. The van der Waals surface area contributed by atoms with Gasteiger partial charge >= 0.3 is 0 Å². The number of hydrogen-bond acceptors (Lipinski definition) is 5. The molecule has 2 aliphatic rings. The monoisotopic (exact) mass is 362 g/mol. The van der Waals surface area contributed by atoms with E-state index in [4.69, 9.17) is 4.98 Å². The van der Waals surface area contributed by atoms with E-state index in [0.29, 0.717) is 4.90 Å². The third kappa shape index (κ3) is 3.55. The average molecular weight is 363 g/mol. The molecule has 1 aliphatic heterocycles. The zero-order chi connectivity index (χ0) is 16.7. The smallest absolute Gasteiger partial charge is 0.175 e. The van der Waals surface area contributed by atoms with E-state index in [1.807, 2.05) is 12.1 Å². The minimum Gasteiger partial charge on any atom is -0.296 e. The van der Waals surface area contributed by atoms with Crippen LogP contribution in [0.15, 0.2) is 28.5 Å². The van der Waals surface area contributed by atoms with E-state index >= 15 is 0 Å². The third-order valence-corrected chi connectivity index (χ3v) is 6.89. The topological polar surface area (TPSA) is 50.3 Å². The molecule has 2 heterocycles. The SMILES string of the molecule is CS(=O)(=O)c1ccc2c(c1)CCN(Cc1nc(C3CC3)cs1)CC2. The van der Waals surface area contributed by atoms with Gasteiger partial charge in [-0.25, -0.2) is 13.4 Å². The molecule has 0 bridgehead atoms. The third-order valence-electron chi connectivity index (χ3n) is 4.92. The summed E-state index contributed by atoms with van der Waals surface area (Å²) in [6.07, 6.45) is 5.74. The first-order valence-electron chi connectivity index (χ1n) is 8.47. The van der Waals surface area contributed by atoms with Gasteiger partial charge in [-0.15, -0.1) is 11.3 Å². The van der Waals surface area contributed by atoms with Crippen molar-refractivity contribution in [2.45, 2.75) is 43.0 Å². The number of sulfone groups is 1. The molecule has 4 nitrogen and oxygen atoms in total. The lowest BCUT2D eigenvalue weighted by Crippen LogP contribution is -2.25. The Bertz CT molecular complexity index is 854. The summed E-state index contributed by atoms with van der Waals surface area (Å²) in [5.41, 5.74) is 3.74. The summed E-state index contributed by atoms with van der Waals surface area (Å²) in [5, 5.41) is 3.43. The van der Waals surface area contributed by atoms with Crippen molar-refractivity contribution in [2.75, 3.05) is 19.3 Å². The second-order valence-corrected chi connectivity index (χ2v) is 9.88. The van der Waals surface area contributed by atoms with Gasteiger partial charge in [-0.05, 0) is 48.9 Å². The Hall–Kier alpha value is -1.24. The quantitative estimate of drug-likeness (QED) is 0.839. The van der Waals surface area contributed by atoms with Crippen LogP contribution in [-0.2, 0) is 29.2 Å². The lowest BCUT2D eigenvalue weighted by molar-refractivity contribution is 0.278. The molecule has 1 fully saturated rings. The van der Waals surface area contributed by atoms with Crippen molar-refractivity contribution in [3.05, 3.63) is 45.4 Å². The van der Waals surface area contributed by atoms with Crippen LogP contribution in [-0.4, -0.2) is 37.6 Å². The fourth-order valence-electron chi connectivity index (χ4n) is 3.29. The average Bonchev–Trinajstić information content (AvgIpc) is 3.31. The summed E-state index contributed by atoms with van der Waals surface area (Å²) >= 11 is 1.78. The highest BCUT2D eigenvalue weighted by molar-refractivity contribution is 7.90. The van der Waals surface area contributed by atoms with E-state index in [1.165, 1.54) is 40.9 Å². The molecule has 0 saturated heterocycles. The number of benzene rings is 1. The van der Waals surface area contributed by atoms with Crippen molar-refractivity contribution >= 4 is 21.2 Å². The summed E-state index contributed by atoms with van der Waals surface area (Å²) in [6.45, 7) is 2.87. The largest absolute Gasteiger partial charge is 0.296 e. The van der Waals surface area contributed by atoms with Gasteiger partial charge in [0.15, 0.2) is 9.84 Å². The molecule has 0 radical (unpaired) electrons. The summed E-state index contributed by atoms with van der Waals surface area (Å²) < 4.78 is 23.5. The van der Waals surface area contributed by atoms with E-state index in [1.54, 1.807) is 17.4 Å². The van der Waals surface area contributed by atoms with Gasteiger partial charge in [0.2, 0.25) is 0 Å². The maximum Gasteiger partial charge on any atom is 0.175 e. The van der Waals surface area contributed by atoms with E-state index in [2.05, 4.69) is 10.3 Å². The molecule has 24 heavy (non-hydrogen) atoms. The summed E-state index contributed by atoms with van der Waals surface area (Å²) in [5.74, 6) is 0.720. The van der Waals surface area contributed by atoms with Gasteiger partial charge in [-0.1, -0.05) is 6.07 Å². The molecule has 128 valence electrons. The van der Waals surface area contributed by atoms with Crippen molar-refractivity contribution in [1.82, 2.24) is 9.88 Å². The summed E-state index contributed by atoms with van der Waals surface area (Å²) in [4.78, 5) is 7.66. The number of nitrogens with zero attached hydrogens (tertiary/aromatic N) is 2. The highest BCUT2D eigenvalue weighted by atomic mass is 32.2. The Kier molecular flexibility index (Phi) is 4.22. The molecule has 0 unspecified atom stereocenters. The van der Waals surface area contributed by atoms with Crippen LogP contribution in [0.1, 0.15) is 40.6 Å². The van der Waals surface area contributed by atoms with Gasteiger partial charge < -0.3 is 0 Å². The molecule has 1 aromatic heterocycles. The number of thiazole rings is 1. The van der Waals surface area contributed by atoms with E-state index in [9.17, 15) is 8.42 Å². The zero-order valence-corrected chi connectivity index (χ0v) is 15.5. The van der Waals surface area contributed by atoms with Gasteiger partial charge in [-0.2, -0.15) is 0 Å². The second kappa shape index (κ2) is 6.24. The van der Waals surface area contributed by atoms with Crippen LogP contribution in [0.2, 0.25) is 0 Å². The Morgan fingerprint density at radius 1 is 1.21 bits per heavy atom. The molecule has 2 aromatic rings. The van der Waals surface area contributed by atoms with Crippen molar-refractivity contribution in [3.63, 3.8) is 0 Å². The van der Waals surface area contributed by atoms with E-state index in [-0.39, 0.29) is 0 Å². The summed E-state index contributed by atoms with van der Waals surface area (Å²) in [6, 6.07) is 5.60. The molecular formula is C18H22N2O2S2. The molecule has 4 rings (SSSR count). The van der Waals surface area contributed by atoms with E-state index in [0.717, 1.165) is 38.4 Å². The first-order chi connectivity index (χ1) is 11.5. The normalized spacial score (nSPS) is 19.0. The number of aromatic nitrogens is 1. The molecule has 0 amide bonds. The van der Waals surface area contributed by atoms with Crippen molar-refractivity contribution in [3.8, 4) is 0 Å². The minimum absolute atomic E-state index is 0.434.